The van der Waals surface area contributed by atoms with E-state index in [4.69, 9.17) is 9.47 Å². The molecule has 7 rings (SSSR count). The van der Waals surface area contributed by atoms with Gasteiger partial charge in [-0.05, 0) is 128 Å². The zero-order chi connectivity index (χ0) is 37.3. The van der Waals surface area contributed by atoms with Crippen molar-refractivity contribution >= 4 is 17.7 Å². The second-order valence-electron chi connectivity index (χ2n) is 19.0. The van der Waals surface area contributed by atoms with Gasteiger partial charge < -0.3 is 9.47 Å². The van der Waals surface area contributed by atoms with Crippen LogP contribution < -0.4 is 0 Å². The number of esters is 2. The quantitative estimate of drug-likeness (QED) is 0.212. The van der Waals surface area contributed by atoms with Crippen molar-refractivity contribution < 1.29 is 23.9 Å². The molecule has 4 fully saturated rings. The zero-order valence-corrected chi connectivity index (χ0v) is 32.6. The van der Waals surface area contributed by atoms with Crippen molar-refractivity contribution in [1.82, 2.24) is 0 Å². The lowest BCUT2D eigenvalue weighted by Crippen LogP contribution is -2.67. The number of ether oxygens (including phenoxy) is 2. The fourth-order valence-electron chi connectivity index (χ4n) is 12.7. The SMILES string of the molecule is C=CCOC(=O)[C@@]1(C)[C@@H]2CC[C@]3(C)[C@H](C(=O)C=C4[C@@H]5C[C@@](C)(C(=O)OC(c6ccccc6)c6ccccc6)CC[C@]5(C)CC[C@]43C)[C@@]2(C)CC[C@@H]1C. The van der Waals surface area contributed by atoms with Gasteiger partial charge in [-0.2, -0.15) is 0 Å². The van der Waals surface area contributed by atoms with Gasteiger partial charge in [0, 0.05) is 5.92 Å². The fourth-order valence-corrected chi connectivity index (χ4v) is 12.7. The Balaban J connectivity index is 1.22. The summed E-state index contributed by atoms with van der Waals surface area (Å²) >= 11 is 0. The highest BCUT2D eigenvalue weighted by Gasteiger charge is 2.71. The summed E-state index contributed by atoms with van der Waals surface area (Å²) in [5.41, 5.74) is 1.11. The van der Waals surface area contributed by atoms with E-state index in [1.54, 1.807) is 6.08 Å². The predicted molar refractivity (Wildman–Crippen MR) is 205 cm³/mol. The van der Waals surface area contributed by atoms with Gasteiger partial charge in [0.25, 0.3) is 0 Å². The normalized spacial score (nSPS) is 41.0. The van der Waals surface area contributed by atoms with Gasteiger partial charge in [-0.3, -0.25) is 14.4 Å². The maximum absolute atomic E-state index is 15.0. The van der Waals surface area contributed by atoms with Gasteiger partial charge in [0.15, 0.2) is 11.9 Å². The van der Waals surface area contributed by atoms with Gasteiger partial charge in [0.1, 0.15) is 6.61 Å². The van der Waals surface area contributed by atoms with E-state index < -0.39 is 16.9 Å². The Kier molecular flexibility index (Phi) is 9.10. The van der Waals surface area contributed by atoms with Gasteiger partial charge in [-0.1, -0.05) is 114 Å². The minimum absolute atomic E-state index is 0.0156. The molecule has 4 saturated carbocycles. The molecule has 2 aromatic rings. The van der Waals surface area contributed by atoms with Crippen LogP contribution in [0.4, 0.5) is 0 Å². The van der Waals surface area contributed by atoms with Crippen LogP contribution in [0.3, 0.4) is 0 Å². The molecule has 10 atom stereocenters. The first-order chi connectivity index (χ1) is 24.6. The van der Waals surface area contributed by atoms with Crippen molar-refractivity contribution in [2.24, 2.45) is 56.2 Å². The third-order valence-corrected chi connectivity index (χ3v) is 16.4. The molecule has 5 aliphatic carbocycles. The number of benzene rings is 2. The number of hydrogen-bond acceptors (Lipinski definition) is 5. The standard InChI is InChI=1S/C47H60O5/c1-9-28-51-41(50)47(8)31(2)20-22-44(5)37(47)21-23-46(7)39(44)36(48)29-34-35-30-43(4,25-24-42(35,3)26-27-45(34,46)6)40(49)52-38(32-16-12-10-13-17-32)33-18-14-11-15-19-33/h9-19,29,31,35,37-39H,1,20-28,30H2,2-8H3/t31-,35-,37+,39+,42+,43-,44-,45+,46+,47+/m0/s1. The Morgan fingerprint density at radius 3 is 2.06 bits per heavy atom. The van der Waals surface area contributed by atoms with E-state index in [0.29, 0.717) is 6.42 Å². The Labute approximate surface area is 312 Å². The van der Waals surface area contributed by atoms with Crippen molar-refractivity contribution in [2.45, 2.75) is 112 Å². The van der Waals surface area contributed by atoms with E-state index in [-0.39, 0.29) is 69.7 Å². The predicted octanol–water partition coefficient (Wildman–Crippen LogP) is 10.6. The van der Waals surface area contributed by atoms with Gasteiger partial charge >= 0.3 is 11.9 Å². The second-order valence-corrected chi connectivity index (χ2v) is 19.0. The third kappa shape index (κ3) is 5.33. The van der Waals surface area contributed by atoms with E-state index in [1.165, 1.54) is 5.57 Å². The lowest BCUT2D eigenvalue weighted by atomic mass is 9.33. The van der Waals surface area contributed by atoms with Crippen LogP contribution in [0.2, 0.25) is 0 Å². The summed E-state index contributed by atoms with van der Waals surface area (Å²) in [5, 5.41) is 0. The second kappa shape index (κ2) is 12.8. The topological polar surface area (TPSA) is 69.7 Å². The average molecular weight is 705 g/mol. The third-order valence-electron chi connectivity index (χ3n) is 16.4. The molecule has 278 valence electrons. The minimum Gasteiger partial charge on any atom is -0.461 e. The molecule has 0 amide bonds. The molecule has 0 spiro atoms. The molecule has 0 aromatic heterocycles. The molecular formula is C47H60O5. The minimum atomic E-state index is -0.678. The van der Waals surface area contributed by atoms with Crippen LogP contribution in [-0.4, -0.2) is 24.3 Å². The summed E-state index contributed by atoms with van der Waals surface area (Å²) < 4.78 is 12.3. The summed E-state index contributed by atoms with van der Waals surface area (Å²) in [4.78, 5) is 43.3. The van der Waals surface area contributed by atoms with Gasteiger partial charge in [-0.25, -0.2) is 0 Å². The van der Waals surface area contributed by atoms with Gasteiger partial charge in [0.05, 0.1) is 10.8 Å². The van der Waals surface area contributed by atoms with E-state index in [1.807, 2.05) is 60.7 Å². The average Bonchev–Trinajstić information content (AvgIpc) is 3.13. The summed E-state index contributed by atoms with van der Waals surface area (Å²) in [6, 6.07) is 20.1. The van der Waals surface area contributed by atoms with Crippen molar-refractivity contribution in [3.63, 3.8) is 0 Å². The maximum atomic E-state index is 15.0. The Hall–Kier alpha value is -3.47. The number of allylic oxidation sites excluding steroid dienone is 2. The lowest BCUT2D eigenvalue weighted by Gasteiger charge is -2.70. The number of carbonyl (C=O) groups is 3. The van der Waals surface area contributed by atoms with Crippen LogP contribution in [-0.2, 0) is 23.9 Å². The van der Waals surface area contributed by atoms with Crippen LogP contribution >= 0.6 is 0 Å². The van der Waals surface area contributed by atoms with Crippen LogP contribution in [0.1, 0.15) is 123 Å². The monoisotopic (exact) mass is 704 g/mol. The summed E-state index contributed by atoms with van der Waals surface area (Å²) in [6.07, 6.45) is 11.3. The Bertz CT molecular complexity index is 1720. The molecule has 0 saturated heterocycles. The summed E-state index contributed by atoms with van der Waals surface area (Å²) in [7, 11) is 0. The van der Waals surface area contributed by atoms with Crippen LogP contribution in [0.25, 0.3) is 0 Å². The fraction of sp³-hybridized carbons (Fsp3) is 0.596. The molecular weight excluding hydrogens is 645 g/mol. The highest BCUT2D eigenvalue weighted by molar-refractivity contribution is 5.96. The molecule has 5 heteroatoms. The van der Waals surface area contributed by atoms with E-state index in [9.17, 15) is 14.4 Å². The molecule has 52 heavy (non-hydrogen) atoms. The van der Waals surface area contributed by atoms with Gasteiger partial charge in [0.2, 0.25) is 0 Å². The van der Waals surface area contributed by atoms with Crippen molar-refractivity contribution in [2.75, 3.05) is 6.61 Å². The molecule has 0 N–H and O–H groups in total. The molecule has 2 aromatic carbocycles. The number of ketones is 1. The Morgan fingerprint density at radius 1 is 0.827 bits per heavy atom. The molecule has 5 nitrogen and oxygen atoms in total. The van der Waals surface area contributed by atoms with Crippen LogP contribution in [0, 0.1) is 56.2 Å². The molecule has 0 bridgehead atoms. The molecule has 5 aliphatic rings. The Morgan fingerprint density at radius 2 is 1.44 bits per heavy atom. The highest BCUT2D eigenvalue weighted by Crippen LogP contribution is 2.75. The zero-order valence-electron chi connectivity index (χ0n) is 32.6. The molecule has 0 radical (unpaired) electrons. The first-order valence-corrected chi connectivity index (χ1v) is 19.9. The first-order valence-electron chi connectivity index (χ1n) is 19.9. The molecule has 0 unspecified atom stereocenters. The highest BCUT2D eigenvalue weighted by atomic mass is 16.5. The van der Waals surface area contributed by atoms with Crippen molar-refractivity contribution in [1.29, 1.82) is 0 Å². The smallest absolute Gasteiger partial charge is 0.312 e. The van der Waals surface area contributed by atoms with Crippen molar-refractivity contribution in [3.05, 3.63) is 96.1 Å². The van der Waals surface area contributed by atoms with Crippen molar-refractivity contribution in [3.8, 4) is 0 Å². The van der Waals surface area contributed by atoms with E-state index in [0.717, 1.165) is 62.5 Å². The first kappa shape index (κ1) is 36.9. The van der Waals surface area contributed by atoms with Gasteiger partial charge in [-0.15, -0.1) is 0 Å². The van der Waals surface area contributed by atoms with E-state index in [2.05, 4.69) is 61.1 Å². The van der Waals surface area contributed by atoms with Crippen LogP contribution in [0.15, 0.2) is 85.0 Å². The summed E-state index contributed by atoms with van der Waals surface area (Å²) in [6.45, 7) is 19.9. The molecule has 0 heterocycles. The summed E-state index contributed by atoms with van der Waals surface area (Å²) in [5.74, 6) is 0.102. The number of carbonyl (C=O) groups excluding carboxylic acids is 3. The molecule has 0 aliphatic heterocycles. The largest absolute Gasteiger partial charge is 0.461 e. The maximum Gasteiger partial charge on any atom is 0.312 e. The number of hydrogen-bond donors (Lipinski definition) is 0. The van der Waals surface area contributed by atoms with Crippen LogP contribution in [0.5, 0.6) is 0 Å². The lowest BCUT2D eigenvalue weighted by molar-refractivity contribution is -0.207. The number of fused-ring (bicyclic) bond motifs is 7. The number of rotatable bonds is 7. The van der Waals surface area contributed by atoms with E-state index >= 15 is 0 Å².